The zero-order valence-corrected chi connectivity index (χ0v) is 10.1. The van der Waals surface area contributed by atoms with E-state index in [0.717, 1.165) is 0 Å². The molecule has 15 heavy (non-hydrogen) atoms. The minimum Gasteiger partial charge on any atom is -0.480 e. The van der Waals surface area contributed by atoms with Crippen molar-refractivity contribution in [3.8, 4) is 0 Å². The van der Waals surface area contributed by atoms with Crippen molar-refractivity contribution in [2.45, 2.75) is 47.1 Å². The van der Waals surface area contributed by atoms with Crippen molar-refractivity contribution in [1.29, 1.82) is 0 Å². The Balaban J connectivity index is 4.11. The van der Waals surface area contributed by atoms with Crippen LogP contribution in [0.1, 0.15) is 41.0 Å². The van der Waals surface area contributed by atoms with Crippen molar-refractivity contribution in [2.24, 2.45) is 11.3 Å². The van der Waals surface area contributed by atoms with Crippen LogP contribution in [0.2, 0.25) is 0 Å². The average Bonchev–Trinajstić information content (AvgIpc) is 2.01. The largest absolute Gasteiger partial charge is 0.480 e. The maximum Gasteiger partial charge on any atom is 0.325 e. The van der Waals surface area contributed by atoms with Gasteiger partial charge < -0.3 is 10.4 Å². The van der Waals surface area contributed by atoms with Crippen LogP contribution in [-0.4, -0.2) is 23.0 Å². The Bertz CT molecular complexity index is 243. The van der Waals surface area contributed by atoms with Crippen molar-refractivity contribution in [3.63, 3.8) is 0 Å². The fourth-order valence-electron chi connectivity index (χ4n) is 0.946. The van der Waals surface area contributed by atoms with Gasteiger partial charge in [-0.15, -0.1) is 0 Å². The molecule has 88 valence electrons. The lowest BCUT2D eigenvalue weighted by Gasteiger charge is -2.26. The number of nitrogens with one attached hydrogen (secondary N) is 1. The van der Waals surface area contributed by atoms with Crippen LogP contribution in [0.5, 0.6) is 0 Å². The monoisotopic (exact) mass is 215 g/mol. The number of carboxylic acids is 1. The summed E-state index contributed by atoms with van der Waals surface area (Å²) in [6, 6.07) is -0.815. The number of carboxylic acid groups (broad SMARTS) is 1. The van der Waals surface area contributed by atoms with Gasteiger partial charge in [0.05, 0.1) is 0 Å². The van der Waals surface area contributed by atoms with Crippen molar-refractivity contribution < 1.29 is 14.7 Å². The van der Waals surface area contributed by atoms with Crippen molar-refractivity contribution in [2.75, 3.05) is 0 Å². The van der Waals surface area contributed by atoms with Gasteiger partial charge in [-0.25, -0.2) is 0 Å². The molecule has 0 aliphatic rings. The molecular weight excluding hydrogens is 194 g/mol. The lowest BCUT2D eigenvalue weighted by Crippen LogP contribution is -2.39. The summed E-state index contributed by atoms with van der Waals surface area (Å²) in [6.07, 6.45) is 0.362. The van der Waals surface area contributed by atoms with Crippen molar-refractivity contribution in [3.05, 3.63) is 0 Å². The molecule has 0 radical (unpaired) electrons. The summed E-state index contributed by atoms with van der Waals surface area (Å²) in [5.41, 5.74) is 0.0593. The molecule has 0 rings (SSSR count). The van der Waals surface area contributed by atoms with Crippen LogP contribution >= 0.6 is 0 Å². The number of amides is 1. The smallest absolute Gasteiger partial charge is 0.325 e. The Morgan fingerprint density at radius 1 is 1.27 bits per heavy atom. The van der Waals surface area contributed by atoms with Crippen LogP contribution in [0.4, 0.5) is 0 Å². The quantitative estimate of drug-likeness (QED) is 0.749. The Kier molecular flexibility index (Phi) is 4.78. The van der Waals surface area contributed by atoms with Crippen molar-refractivity contribution >= 4 is 11.9 Å². The molecule has 1 unspecified atom stereocenters. The second-order valence-corrected chi connectivity index (χ2v) is 5.10. The number of rotatable bonds is 4. The summed E-state index contributed by atoms with van der Waals surface area (Å²) in [7, 11) is 0. The van der Waals surface area contributed by atoms with Gasteiger partial charge in [0.15, 0.2) is 0 Å². The molecule has 1 amide bonds. The molecule has 0 fully saturated rings. The van der Waals surface area contributed by atoms with E-state index in [1.165, 1.54) is 6.92 Å². The Morgan fingerprint density at radius 3 is 2.07 bits per heavy atom. The first-order valence-corrected chi connectivity index (χ1v) is 5.16. The van der Waals surface area contributed by atoms with Gasteiger partial charge in [0, 0.05) is 6.42 Å². The van der Waals surface area contributed by atoms with Crippen molar-refractivity contribution in [1.82, 2.24) is 5.32 Å². The van der Waals surface area contributed by atoms with E-state index >= 15 is 0 Å². The van der Waals surface area contributed by atoms with E-state index in [0.29, 0.717) is 6.42 Å². The van der Waals surface area contributed by atoms with Gasteiger partial charge in [-0.3, -0.25) is 9.59 Å². The topological polar surface area (TPSA) is 66.4 Å². The molecule has 0 spiro atoms. The van der Waals surface area contributed by atoms with E-state index in [9.17, 15) is 9.59 Å². The highest BCUT2D eigenvalue weighted by Crippen LogP contribution is 2.27. The summed E-state index contributed by atoms with van der Waals surface area (Å²) in [5, 5.41) is 11.1. The van der Waals surface area contributed by atoms with Gasteiger partial charge in [0.25, 0.3) is 0 Å². The van der Waals surface area contributed by atoms with Gasteiger partial charge in [0.1, 0.15) is 6.04 Å². The highest BCUT2D eigenvalue weighted by molar-refractivity contribution is 5.83. The molecule has 0 saturated carbocycles. The number of hydrogen-bond acceptors (Lipinski definition) is 2. The van der Waals surface area contributed by atoms with Crippen LogP contribution in [0.25, 0.3) is 0 Å². The third kappa shape index (κ3) is 5.40. The fourth-order valence-corrected chi connectivity index (χ4v) is 0.946. The summed E-state index contributed by atoms with van der Waals surface area (Å²) in [4.78, 5) is 21.9. The minimum atomic E-state index is -1.01. The first-order chi connectivity index (χ1) is 6.64. The molecule has 0 bridgehead atoms. The Morgan fingerprint density at radius 2 is 1.73 bits per heavy atom. The maximum atomic E-state index is 11.4. The molecule has 2 N–H and O–H groups in total. The molecule has 0 aromatic heterocycles. The van der Waals surface area contributed by atoms with Crippen LogP contribution in [0, 0.1) is 11.3 Å². The van der Waals surface area contributed by atoms with Crippen LogP contribution in [0.3, 0.4) is 0 Å². The molecule has 0 aliphatic carbocycles. The zero-order chi connectivity index (χ0) is 12.2. The van der Waals surface area contributed by atoms with Gasteiger partial charge >= 0.3 is 5.97 Å². The van der Waals surface area contributed by atoms with E-state index in [4.69, 9.17) is 5.11 Å². The lowest BCUT2D eigenvalue weighted by molar-refractivity contribution is -0.141. The van der Waals surface area contributed by atoms with Crippen LogP contribution < -0.4 is 5.32 Å². The number of aliphatic carboxylic acids is 1. The second-order valence-electron chi connectivity index (χ2n) is 5.10. The summed E-state index contributed by atoms with van der Waals surface area (Å²) in [6.45, 7) is 9.63. The Labute approximate surface area is 91.1 Å². The highest BCUT2D eigenvalue weighted by Gasteiger charge is 2.23. The normalized spacial score (nSPS) is 15.5. The average molecular weight is 215 g/mol. The summed E-state index contributed by atoms with van der Waals surface area (Å²) >= 11 is 0. The standard InChI is InChI=1S/C11H21NO3/c1-7(11(3,4)5)6-9(13)12-8(2)10(14)15/h7-8H,6H2,1-5H3,(H,12,13)(H,14,15)/t7?,8-/m0/s1. The first kappa shape index (κ1) is 13.9. The molecule has 0 heterocycles. The predicted molar refractivity (Wildman–Crippen MR) is 58.5 cm³/mol. The lowest BCUT2D eigenvalue weighted by atomic mass is 9.80. The zero-order valence-electron chi connectivity index (χ0n) is 10.1. The summed E-state index contributed by atoms with van der Waals surface area (Å²) < 4.78 is 0. The van der Waals surface area contributed by atoms with Gasteiger partial charge in [-0.1, -0.05) is 27.7 Å². The third-order valence-electron chi connectivity index (χ3n) is 2.72. The van der Waals surface area contributed by atoms with E-state index in [-0.39, 0.29) is 17.2 Å². The third-order valence-corrected chi connectivity index (χ3v) is 2.72. The van der Waals surface area contributed by atoms with E-state index in [2.05, 4.69) is 26.1 Å². The van der Waals surface area contributed by atoms with Gasteiger partial charge in [0.2, 0.25) is 5.91 Å². The van der Waals surface area contributed by atoms with Gasteiger partial charge in [-0.2, -0.15) is 0 Å². The van der Waals surface area contributed by atoms with Crippen LogP contribution in [-0.2, 0) is 9.59 Å². The molecule has 0 aromatic carbocycles. The van der Waals surface area contributed by atoms with E-state index in [1.54, 1.807) is 0 Å². The molecule has 2 atom stereocenters. The van der Waals surface area contributed by atoms with E-state index < -0.39 is 12.0 Å². The predicted octanol–water partition coefficient (Wildman–Crippen LogP) is 1.65. The van der Waals surface area contributed by atoms with Gasteiger partial charge in [-0.05, 0) is 18.3 Å². The summed E-state index contributed by atoms with van der Waals surface area (Å²) in [5.74, 6) is -0.988. The molecule has 0 aromatic rings. The SMILES string of the molecule is CC(CC(=O)N[C@@H](C)C(=O)O)C(C)(C)C. The highest BCUT2D eigenvalue weighted by atomic mass is 16.4. The number of carbonyl (C=O) groups is 2. The first-order valence-electron chi connectivity index (χ1n) is 5.16. The van der Waals surface area contributed by atoms with E-state index in [1.807, 2.05) is 6.92 Å². The molecular formula is C11H21NO3. The minimum absolute atomic E-state index is 0.0593. The molecule has 4 nitrogen and oxygen atoms in total. The maximum absolute atomic E-state index is 11.4. The molecule has 4 heteroatoms. The molecule has 0 aliphatic heterocycles. The second kappa shape index (κ2) is 5.14. The fraction of sp³-hybridized carbons (Fsp3) is 0.818. The van der Waals surface area contributed by atoms with Crippen LogP contribution in [0.15, 0.2) is 0 Å². The molecule has 0 saturated heterocycles. The number of carbonyl (C=O) groups excluding carboxylic acids is 1. The number of hydrogen-bond donors (Lipinski definition) is 2. The Hall–Kier alpha value is -1.06.